The summed E-state index contributed by atoms with van der Waals surface area (Å²) in [6.45, 7) is 9.10. The van der Waals surface area contributed by atoms with Crippen LogP contribution in [0.1, 0.15) is 48.8 Å². The van der Waals surface area contributed by atoms with Gasteiger partial charge in [-0.1, -0.05) is 20.8 Å². The third-order valence-electron chi connectivity index (χ3n) is 4.68. The number of piperidine rings is 1. The predicted molar refractivity (Wildman–Crippen MR) is 112 cm³/mol. The average Bonchev–Trinajstić information content (AvgIpc) is 3.02. The summed E-state index contributed by atoms with van der Waals surface area (Å²) in [5.41, 5.74) is 0.389. The van der Waals surface area contributed by atoms with Crippen LogP contribution in [0.5, 0.6) is 0 Å². The van der Waals surface area contributed by atoms with Gasteiger partial charge in [0.25, 0.3) is 5.91 Å². The highest BCUT2D eigenvalue weighted by molar-refractivity contribution is 7.18. The quantitative estimate of drug-likeness (QED) is 0.821. The molecule has 0 bridgehead atoms. The van der Waals surface area contributed by atoms with E-state index in [-0.39, 0.29) is 17.9 Å². The zero-order chi connectivity index (χ0) is 20.3. The van der Waals surface area contributed by atoms with Crippen molar-refractivity contribution < 1.29 is 9.59 Å². The molecule has 8 heteroatoms. The Morgan fingerprint density at radius 1 is 1.32 bits per heavy atom. The van der Waals surface area contributed by atoms with Crippen molar-refractivity contribution in [1.82, 2.24) is 15.5 Å². The molecule has 1 saturated heterocycles. The fraction of sp³-hybridized carbons (Fsp3) is 0.500. The van der Waals surface area contributed by atoms with Crippen LogP contribution in [0.25, 0.3) is 0 Å². The Morgan fingerprint density at radius 3 is 2.79 bits per heavy atom. The van der Waals surface area contributed by atoms with Crippen molar-refractivity contribution in [2.45, 2.75) is 46.6 Å². The molecule has 0 aliphatic carbocycles. The first-order chi connectivity index (χ1) is 13.2. The molecule has 1 atom stereocenters. The highest BCUT2D eigenvalue weighted by atomic mass is 32.1. The van der Waals surface area contributed by atoms with Gasteiger partial charge in [0.05, 0.1) is 9.88 Å². The Kier molecular flexibility index (Phi) is 5.98. The van der Waals surface area contributed by atoms with Crippen LogP contribution in [-0.2, 0) is 4.79 Å². The van der Waals surface area contributed by atoms with Crippen LogP contribution >= 0.6 is 11.3 Å². The summed E-state index contributed by atoms with van der Waals surface area (Å²) in [7, 11) is 0. The summed E-state index contributed by atoms with van der Waals surface area (Å²) in [5.74, 6) is 0.679. The smallest absolute Gasteiger partial charge is 0.261 e. The highest BCUT2D eigenvalue weighted by Crippen LogP contribution is 2.29. The molecular formula is C20H27N5O2S. The van der Waals surface area contributed by atoms with E-state index in [1.54, 1.807) is 6.20 Å². The van der Waals surface area contributed by atoms with Crippen LogP contribution in [0.2, 0.25) is 0 Å². The summed E-state index contributed by atoms with van der Waals surface area (Å²) in [5, 5.41) is 14.8. The number of hydrogen-bond acceptors (Lipinski definition) is 6. The minimum Gasteiger partial charge on any atom is -0.353 e. The average molecular weight is 402 g/mol. The molecule has 3 heterocycles. The van der Waals surface area contributed by atoms with Crippen LogP contribution in [0.3, 0.4) is 0 Å². The van der Waals surface area contributed by atoms with Crippen LogP contribution in [-0.4, -0.2) is 41.1 Å². The lowest BCUT2D eigenvalue weighted by atomic mass is 9.96. The number of amides is 2. The third kappa shape index (κ3) is 4.86. The van der Waals surface area contributed by atoms with Crippen molar-refractivity contribution in [2.75, 3.05) is 23.3 Å². The summed E-state index contributed by atoms with van der Waals surface area (Å²) in [4.78, 5) is 27.8. The lowest BCUT2D eigenvalue weighted by molar-refractivity contribution is -0.123. The first-order valence-corrected chi connectivity index (χ1v) is 10.3. The molecule has 1 aliphatic heterocycles. The lowest BCUT2D eigenvalue weighted by Gasteiger charge is -2.33. The zero-order valence-electron chi connectivity index (χ0n) is 16.8. The molecule has 2 aromatic heterocycles. The Balaban J connectivity index is 1.64. The second-order valence-corrected chi connectivity index (χ2v) is 9.22. The number of aromatic nitrogens is 2. The normalized spacial score (nSPS) is 17.3. The van der Waals surface area contributed by atoms with E-state index in [1.165, 1.54) is 11.3 Å². The number of anilines is 2. The van der Waals surface area contributed by atoms with E-state index >= 15 is 0 Å². The predicted octanol–water partition coefficient (Wildman–Crippen LogP) is 3.23. The zero-order valence-corrected chi connectivity index (χ0v) is 17.6. The van der Waals surface area contributed by atoms with Crippen LogP contribution in [0.15, 0.2) is 24.4 Å². The fourth-order valence-corrected chi connectivity index (χ4v) is 4.06. The number of aryl methyl sites for hydroxylation is 1. The molecule has 1 fully saturated rings. The maximum Gasteiger partial charge on any atom is 0.261 e. The topological polar surface area (TPSA) is 87.2 Å². The number of rotatable bonds is 4. The molecule has 0 spiro atoms. The molecule has 2 aromatic rings. The molecule has 2 N–H and O–H groups in total. The Morgan fingerprint density at radius 2 is 2.11 bits per heavy atom. The van der Waals surface area contributed by atoms with E-state index in [4.69, 9.17) is 0 Å². The van der Waals surface area contributed by atoms with Crippen molar-refractivity contribution in [3.8, 4) is 0 Å². The van der Waals surface area contributed by atoms with E-state index in [2.05, 4.69) is 25.7 Å². The second-order valence-electron chi connectivity index (χ2n) is 8.17. The van der Waals surface area contributed by atoms with E-state index < -0.39 is 5.41 Å². The van der Waals surface area contributed by atoms with Gasteiger partial charge in [-0.25, -0.2) is 0 Å². The van der Waals surface area contributed by atoms with Gasteiger partial charge in [-0.05, 0) is 43.5 Å². The van der Waals surface area contributed by atoms with Gasteiger partial charge in [0.2, 0.25) is 5.91 Å². The van der Waals surface area contributed by atoms with Crippen molar-refractivity contribution >= 4 is 34.0 Å². The maximum atomic E-state index is 12.8. The molecule has 1 aliphatic rings. The summed E-state index contributed by atoms with van der Waals surface area (Å²) in [6.07, 6.45) is 3.57. The number of carbonyl (C=O) groups excluding carboxylic acids is 2. The van der Waals surface area contributed by atoms with Crippen LogP contribution in [0.4, 0.5) is 10.8 Å². The van der Waals surface area contributed by atoms with Crippen molar-refractivity contribution in [2.24, 2.45) is 5.41 Å². The minimum atomic E-state index is -0.480. The number of nitrogens with zero attached hydrogens (tertiary/aromatic N) is 3. The van der Waals surface area contributed by atoms with E-state index in [9.17, 15) is 9.59 Å². The van der Waals surface area contributed by atoms with Gasteiger partial charge in [0, 0.05) is 30.7 Å². The van der Waals surface area contributed by atoms with Gasteiger partial charge in [-0.3, -0.25) is 9.59 Å². The Bertz CT molecular complexity index is 844. The molecular weight excluding hydrogens is 374 g/mol. The Hall–Kier alpha value is -2.48. The standard InChI is InChI=1S/C20H27N5O2S/c1-13-11-16(23-19(27)20(2,3)4)28-17(13)18(26)22-14-7-6-10-25(12-14)15-8-5-9-21-24-15/h5,8-9,11,14H,6-7,10,12H2,1-4H3,(H,22,26)(H,23,27). The van der Waals surface area contributed by atoms with E-state index in [0.717, 1.165) is 30.8 Å². The van der Waals surface area contributed by atoms with Gasteiger partial charge in [-0.15, -0.1) is 16.4 Å². The third-order valence-corrected chi connectivity index (χ3v) is 5.83. The molecule has 150 valence electrons. The molecule has 0 saturated carbocycles. The van der Waals surface area contributed by atoms with E-state index in [0.29, 0.717) is 16.4 Å². The summed E-state index contributed by atoms with van der Waals surface area (Å²) < 4.78 is 0. The minimum absolute atomic E-state index is 0.0531. The van der Waals surface area contributed by atoms with Gasteiger partial charge in [-0.2, -0.15) is 5.10 Å². The SMILES string of the molecule is Cc1cc(NC(=O)C(C)(C)C)sc1C(=O)NC1CCCN(c2cccnn2)C1. The summed E-state index contributed by atoms with van der Waals surface area (Å²) >= 11 is 1.32. The first-order valence-electron chi connectivity index (χ1n) is 9.49. The Labute approximate surface area is 169 Å². The molecule has 2 amide bonds. The largest absolute Gasteiger partial charge is 0.353 e. The lowest BCUT2D eigenvalue weighted by Crippen LogP contribution is -2.48. The van der Waals surface area contributed by atoms with Gasteiger partial charge in [0.1, 0.15) is 0 Å². The second kappa shape index (κ2) is 8.26. The van der Waals surface area contributed by atoms with E-state index in [1.807, 2.05) is 45.9 Å². The molecule has 3 rings (SSSR count). The van der Waals surface area contributed by atoms with Crippen LogP contribution < -0.4 is 15.5 Å². The van der Waals surface area contributed by atoms with Crippen LogP contribution in [0, 0.1) is 12.3 Å². The first kappa shape index (κ1) is 20.3. The fourth-order valence-electron chi connectivity index (χ4n) is 3.08. The highest BCUT2D eigenvalue weighted by Gasteiger charge is 2.26. The summed E-state index contributed by atoms with van der Waals surface area (Å²) in [6, 6.07) is 5.71. The van der Waals surface area contributed by atoms with Crippen molar-refractivity contribution in [3.05, 3.63) is 34.8 Å². The molecule has 0 aromatic carbocycles. The van der Waals surface area contributed by atoms with Gasteiger partial charge < -0.3 is 15.5 Å². The molecule has 0 radical (unpaired) electrons. The monoisotopic (exact) mass is 401 g/mol. The number of nitrogens with one attached hydrogen (secondary N) is 2. The number of hydrogen-bond donors (Lipinski definition) is 2. The van der Waals surface area contributed by atoms with Gasteiger partial charge >= 0.3 is 0 Å². The maximum absolute atomic E-state index is 12.8. The van der Waals surface area contributed by atoms with Gasteiger partial charge in [0.15, 0.2) is 5.82 Å². The molecule has 28 heavy (non-hydrogen) atoms. The number of carbonyl (C=O) groups is 2. The number of thiophene rings is 1. The molecule has 7 nitrogen and oxygen atoms in total. The van der Waals surface area contributed by atoms with Crippen molar-refractivity contribution in [3.63, 3.8) is 0 Å². The van der Waals surface area contributed by atoms with Crippen molar-refractivity contribution in [1.29, 1.82) is 0 Å². The molecule has 1 unspecified atom stereocenters.